The highest BCUT2D eigenvalue weighted by Crippen LogP contribution is 2.21. The summed E-state index contributed by atoms with van der Waals surface area (Å²) in [5.74, 6) is -1.49. The summed E-state index contributed by atoms with van der Waals surface area (Å²) in [5, 5.41) is 13.6. The molecule has 0 saturated carbocycles. The molecule has 0 amide bonds. The number of phenolic OH excluding ortho intramolecular Hbond substituents is 1. The Morgan fingerprint density at radius 1 is 1.50 bits per heavy atom. The lowest BCUT2D eigenvalue weighted by atomic mass is 10.2. The van der Waals surface area contributed by atoms with Crippen LogP contribution in [0.25, 0.3) is 0 Å². The Kier molecular flexibility index (Phi) is 3.04. The van der Waals surface area contributed by atoms with E-state index in [0.717, 1.165) is 6.07 Å². The molecule has 0 atom stereocenters. The van der Waals surface area contributed by atoms with Crippen LogP contribution in [0.3, 0.4) is 0 Å². The van der Waals surface area contributed by atoms with Crippen LogP contribution in [0.4, 0.5) is 4.39 Å². The molecular formula is C7H8FNO4S. The number of hydrogen-bond donors (Lipinski definition) is 2. The molecule has 0 aliphatic rings. The average molecular weight is 221 g/mol. The molecule has 0 aromatic heterocycles. The second-order valence-corrected chi connectivity index (χ2v) is 3.72. The summed E-state index contributed by atoms with van der Waals surface area (Å²) in [6, 6.07) is 3.68. The van der Waals surface area contributed by atoms with Gasteiger partial charge in [-0.1, -0.05) is 12.1 Å². The minimum atomic E-state index is -4.09. The third kappa shape index (κ3) is 2.95. The van der Waals surface area contributed by atoms with E-state index in [2.05, 4.69) is 9.32 Å². The number of phenols is 1. The van der Waals surface area contributed by atoms with Gasteiger partial charge in [0.15, 0.2) is 11.6 Å². The second kappa shape index (κ2) is 3.91. The maximum Gasteiger partial charge on any atom is 0.333 e. The third-order valence-electron chi connectivity index (χ3n) is 1.45. The summed E-state index contributed by atoms with van der Waals surface area (Å²) in [6.07, 6.45) is 0. The summed E-state index contributed by atoms with van der Waals surface area (Å²) >= 11 is 0. The fraction of sp³-hybridized carbons (Fsp3) is 0.143. The van der Waals surface area contributed by atoms with E-state index < -0.39 is 28.5 Å². The minimum absolute atomic E-state index is 0.0130. The molecule has 0 heterocycles. The van der Waals surface area contributed by atoms with Crippen molar-refractivity contribution in [1.29, 1.82) is 0 Å². The monoisotopic (exact) mass is 221 g/mol. The van der Waals surface area contributed by atoms with Gasteiger partial charge >= 0.3 is 10.3 Å². The third-order valence-corrected chi connectivity index (χ3v) is 1.90. The van der Waals surface area contributed by atoms with Crippen LogP contribution < -0.4 is 5.14 Å². The van der Waals surface area contributed by atoms with Crippen LogP contribution in [0, 0.1) is 5.82 Å². The van der Waals surface area contributed by atoms with E-state index in [4.69, 9.17) is 5.11 Å². The summed E-state index contributed by atoms with van der Waals surface area (Å²) in [7, 11) is -4.09. The van der Waals surface area contributed by atoms with E-state index >= 15 is 0 Å². The molecule has 78 valence electrons. The Balaban J connectivity index is 2.83. The van der Waals surface area contributed by atoms with Crippen LogP contribution in [0.15, 0.2) is 18.2 Å². The van der Waals surface area contributed by atoms with Crippen molar-refractivity contribution >= 4 is 10.3 Å². The van der Waals surface area contributed by atoms with Gasteiger partial charge in [-0.3, -0.25) is 4.18 Å². The molecule has 1 rings (SSSR count). The maximum atomic E-state index is 12.7. The Labute approximate surface area is 80.2 Å². The first kappa shape index (κ1) is 10.9. The standard InChI is InChI=1S/C7H8FNO4S/c8-6-3-1-2-5(7(6)10)4-13-14(9,11)12/h1-3,10H,4H2,(H2,9,11,12). The van der Waals surface area contributed by atoms with E-state index in [0.29, 0.717) is 0 Å². The van der Waals surface area contributed by atoms with Gasteiger partial charge in [-0.15, -0.1) is 0 Å². The maximum absolute atomic E-state index is 12.7. The lowest BCUT2D eigenvalue weighted by molar-refractivity contribution is 0.299. The first-order valence-corrected chi connectivity index (χ1v) is 5.01. The van der Waals surface area contributed by atoms with E-state index in [1.54, 1.807) is 0 Å². The Morgan fingerprint density at radius 2 is 2.14 bits per heavy atom. The van der Waals surface area contributed by atoms with Gasteiger partial charge in [0.25, 0.3) is 0 Å². The highest BCUT2D eigenvalue weighted by molar-refractivity contribution is 7.84. The van der Waals surface area contributed by atoms with Gasteiger partial charge in [0.1, 0.15) is 0 Å². The summed E-state index contributed by atoms with van der Waals surface area (Å²) in [6.45, 7) is -0.498. The lowest BCUT2D eigenvalue weighted by Crippen LogP contribution is -2.15. The number of para-hydroxylation sites is 1. The largest absolute Gasteiger partial charge is 0.505 e. The van der Waals surface area contributed by atoms with Gasteiger partial charge in [-0.25, -0.2) is 9.53 Å². The second-order valence-electron chi connectivity index (χ2n) is 2.50. The molecule has 0 bridgehead atoms. The van der Waals surface area contributed by atoms with Gasteiger partial charge < -0.3 is 5.11 Å². The first-order valence-electron chi connectivity index (χ1n) is 3.53. The van der Waals surface area contributed by atoms with Crippen molar-refractivity contribution in [3.8, 4) is 5.75 Å². The van der Waals surface area contributed by atoms with Crippen LogP contribution in [0.1, 0.15) is 5.56 Å². The molecule has 7 heteroatoms. The average Bonchev–Trinajstić information content (AvgIpc) is 2.06. The lowest BCUT2D eigenvalue weighted by Gasteiger charge is -2.04. The van der Waals surface area contributed by atoms with Crippen LogP contribution in [-0.2, 0) is 21.1 Å². The topological polar surface area (TPSA) is 89.6 Å². The molecule has 0 unspecified atom stereocenters. The molecule has 0 radical (unpaired) electrons. The zero-order chi connectivity index (χ0) is 10.8. The van der Waals surface area contributed by atoms with Crippen molar-refractivity contribution < 1.29 is 22.1 Å². The van der Waals surface area contributed by atoms with Gasteiger partial charge in [-0.2, -0.15) is 8.42 Å². The van der Waals surface area contributed by atoms with Crippen LogP contribution >= 0.6 is 0 Å². The quantitative estimate of drug-likeness (QED) is 0.765. The van der Waals surface area contributed by atoms with E-state index in [-0.39, 0.29) is 5.56 Å². The summed E-state index contributed by atoms with van der Waals surface area (Å²) in [5.41, 5.74) is 0.0130. The molecule has 1 aromatic rings. The van der Waals surface area contributed by atoms with Crippen LogP contribution in [0.2, 0.25) is 0 Å². The van der Waals surface area contributed by atoms with Gasteiger partial charge in [0.05, 0.1) is 6.61 Å². The van der Waals surface area contributed by atoms with Gasteiger partial charge in [0, 0.05) is 5.56 Å². The molecule has 0 aliphatic heterocycles. The molecule has 5 nitrogen and oxygen atoms in total. The van der Waals surface area contributed by atoms with E-state index in [1.807, 2.05) is 0 Å². The SMILES string of the molecule is NS(=O)(=O)OCc1cccc(F)c1O. The number of rotatable bonds is 3. The number of nitrogens with two attached hydrogens (primary N) is 1. The fourth-order valence-electron chi connectivity index (χ4n) is 0.822. The molecule has 0 spiro atoms. The Bertz CT molecular complexity index is 431. The van der Waals surface area contributed by atoms with Crippen molar-refractivity contribution in [2.45, 2.75) is 6.61 Å². The zero-order valence-electron chi connectivity index (χ0n) is 6.97. The van der Waals surface area contributed by atoms with Crippen molar-refractivity contribution in [2.24, 2.45) is 5.14 Å². The molecular weight excluding hydrogens is 213 g/mol. The molecule has 0 fully saturated rings. The smallest absolute Gasteiger partial charge is 0.333 e. The molecule has 0 aliphatic carbocycles. The number of hydrogen-bond acceptors (Lipinski definition) is 4. The van der Waals surface area contributed by atoms with Crippen molar-refractivity contribution in [2.75, 3.05) is 0 Å². The highest BCUT2D eigenvalue weighted by Gasteiger charge is 2.09. The molecule has 0 saturated heterocycles. The van der Waals surface area contributed by atoms with Gasteiger partial charge in [-0.05, 0) is 6.07 Å². The molecule has 1 aromatic carbocycles. The normalized spacial score (nSPS) is 11.6. The highest BCUT2D eigenvalue weighted by atomic mass is 32.2. The van der Waals surface area contributed by atoms with E-state index in [9.17, 15) is 12.8 Å². The zero-order valence-corrected chi connectivity index (χ0v) is 7.79. The Hall–Kier alpha value is -1.18. The summed E-state index contributed by atoms with van der Waals surface area (Å²) in [4.78, 5) is 0. The van der Waals surface area contributed by atoms with Crippen molar-refractivity contribution in [3.63, 3.8) is 0 Å². The predicted octanol–water partition coefficient (Wildman–Crippen LogP) is 0.251. The van der Waals surface area contributed by atoms with Gasteiger partial charge in [0.2, 0.25) is 0 Å². The Morgan fingerprint density at radius 3 is 2.71 bits per heavy atom. The number of aromatic hydroxyl groups is 1. The fourth-order valence-corrected chi connectivity index (χ4v) is 1.11. The number of benzene rings is 1. The molecule has 3 N–H and O–H groups in total. The van der Waals surface area contributed by atoms with Crippen molar-refractivity contribution in [3.05, 3.63) is 29.6 Å². The van der Waals surface area contributed by atoms with Crippen molar-refractivity contribution in [1.82, 2.24) is 0 Å². The molecule has 14 heavy (non-hydrogen) atoms. The summed E-state index contributed by atoms with van der Waals surface area (Å²) < 4.78 is 37.6. The first-order chi connectivity index (χ1) is 6.40. The van der Waals surface area contributed by atoms with Crippen LogP contribution in [0.5, 0.6) is 5.75 Å². The number of halogens is 1. The predicted molar refractivity (Wildman–Crippen MR) is 46.0 cm³/mol. The minimum Gasteiger partial charge on any atom is -0.505 e. The van der Waals surface area contributed by atoms with Crippen LogP contribution in [-0.4, -0.2) is 13.5 Å². The van der Waals surface area contributed by atoms with E-state index in [1.165, 1.54) is 12.1 Å².